The molecule has 0 radical (unpaired) electrons. The van der Waals surface area contributed by atoms with E-state index in [0.29, 0.717) is 11.3 Å². The van der Waals surface area contributed by atoms with Gasteiger partial charge in [-0.15, -0.1) is 0 Å². The minimum absolute atomic E-state index is 0.00427. The zero-order valence-corrected chi connectivity index (χ0v) is 16.6. The molecular formula is C21H19N4O3S+. The summed E-state index contributed by atoms with van der Waals surface area (Å²) in [6, 6.07) is 12.9. The van der Waals surface area contributed by atoms with Crippen LogP contribution in [0.4, 0.5) is 5.82 Å². The van der Waals surface area contributed by atoms with E-state index in [4.69, 9.17) is 5.73 Å². The predicted molar refractivity (Wildman–Crippen MR) is 110 cm³/mol. The molecule has 7 nitrogen and oxygen atoms in total. The largest absolute Gasteiger partial charge is 0.317 e. The average molecular weight is 407 g/mol. The molecule has 0 saturated carbocycles. The molecule has 0 aliphatic heterocycles. The first kappa shape index (κ1) is 18.8. The van der Waals surface area contributed by atoms with Crippen LogP contribution in [-0.4, -0.2) is 17.8 Å². The molecule has 0 aliphatic rings. The summed E-state index contributed by atoms with van der Waals surface area (Å²) >= 11 is 0. The van der Waals surface area contributed by atoms with Crippen LogP contribution >= 0.6 is 0 Å². The summed E-state index contributed by atoms with van der Waals surface area (Å²) in [5.41, 5.74) is 7.54. The maximum atomic E-state index is 13.2. The average Bonchev–Trinajstić information content (AvgIpc) is 2.71. The van der Waals surface area contributed by atoms with Gasteiger partial charge in [0.15, 0.2) is 0 Å². The number of nitrogen functional groups attached to an aromatic ring is 1. The van der Waals surface area contributed by atoms with Gasteiger partial charge in [-0.2, -0.15) is 0 Å². The first-order chi connectivity index (χ1) is 13.8. The van der Waals surface area contributed by atoms with Crippen molar-refractivity contribution in [2.45, 2.75) is 23.3 Å². The molecule has 146 valence electrons. The molecule has 1 aromatic carbocycles. The molecule has 0 atom stereocenters. The number of allylic oxidation sites excluding steroid dienone is 1. The molecule has 0 bridgehead atoms. The van der Waals surface area contributed by atoms with Crippen molar-refractivity contribution in [1.29, 1.82) is 0 Å². The van der Waals surface area contributed by atoms with Crippen LogP contribution in [0.1, 0.15) is 5.56 Å². The first-order valence-corrected chi connectivity index (χ1v) is 10.4. The Kier molecular flexibility index (Phi) is 4.43. The third kappa shape index (κ3) is 2.98. The Labute approximate surface area is 167 Å². The molecule has 8 heteroatoms. The maximum Gasteiger partial charge on any atom is 0.278 e. The maximum absolute atomic E-state index is 13.2. The number of hydrogen-bond acceptors (Lipinski definition) is 5. The van der Waals surface area contributed by atoms with E-state index in [1.54, 1.807) is 36.5 Å². The van der Waals surface area contributed by atoms with Gasteiger partial charge in [0.1, 0.15) is 10.3 Å². The van der Waals surface area contributed by atoms with E-state index < -0.39 is 9.84 Å². The fraction of sp³-hybridized carbons (Fsp3) is 0.0952. The summed E-state index contributed by atoms with van der Waals surface area (Å²) in [5, 5.41) is 0.165. The lowest BCUT2D eigenvalue weighted by Gasteiger charge is -2.12. The highest BCUT2D eigenvalue weighted by Gasteiger charge is 2.28. The summed E-state index contributed by atoms with van der Waals surface area (Å²) in [6.07, 6.45) is 3.25. The van der Waals surface area contributed by atoms with Crippen molar-refractivity contribution < 1.29 is 13.0 Å². The number of fused-ring (bicyclic) bond motifs is 2. The van der Waals surface area contributed by atoms with Gasteiger partial charge in [0, 0.05) is 6.20 Å². The van der Waals surface area contributed by atoms with Crippen molar-refractivity contribution in [1.82, 2.24) is 9.38 Å². The van der Waals surface area contributed by atoms with Crippen molar-refractivity contribution >= 4 is 32.3 Å². The molecule has 0 saturated heterocycles. The van der Waals surface area contributed by atoms with Crippen molar-refractivity contribution in [2.24, 2.45) is 0 Å². The molecule has 2 N–H and O–H groups in total. The van der Waals surface area contributed by atoms with Gasteiger partial charge >= 0.3 is 0 Å². The van der Waals surface area contributed by atoms with Gasteiger partial charge < -0.3 is 5.73 Å². The lowest BCUT2D eigenvalue weighted by molar-refractivity contribution is -0.649. The second kappa shape index (κ2) is 6.82. The number of aromatic nitrogens is 3. The molecule has 0 unspecified atom stereocenters. The molecule has 29 heavy (non-hydrogen) atoms. The second-order valence-corrected chi connectivity index (χ2v) is 8.62. The lowest BCUT2D eigenvalue weighted by atomic mass is 10.2. The fourth-order valence-electron chi connectivity index (χ4n) is 3.29. The molecule has 4 rings (SSSR count). The number of hydrogen-bond donors (Lipinski definition) is 1. The molecule has 0 amide bonds. The topological polar surface area (TPSA) is 98.4 Å². The number of sulfone groups is 1. The number of nitrogens with two attached hydrogens (primary N) is 1. The van der Waals surface area contributed by atoms with Gasteiger partial charge in [-0.25, -0.2) is 13.0 Å². The monoisotopic (exact) mass is 407 g/mol. The van der Waals surface area contributed by atoms with Crippen molar-refractivity contribution in [2.75, 3.05) is 5.73 Å². The number of pyridine rings is 2. The minimum Gasteiger partial charge on any atom is -0.317 e. The van der Waals surface area contributed by atoms with Crippen LogP contribution in [0.3, 0.4) is 0 Å². The van der Waals surface area contributed by atoms with Crippen LogP contribution in [0, 0.1) is 6.92 Å². The summed E-state index contributed by atoms with van der Waals surface area (Å²) < 4.78 is 29.4. The molecule has 3 heterocycles. The van der Waals surface area contributed by atoms with E-state index in [-0.39, 0.29) is 33.1 Å². The summed E-state index contributed by atoms with van der Waals surface area (Å²) in [6.45, 7) is 5.78. The molecule has 4 aromatic rings. The van der Waals surface area contributed by atoms with Crippen LogP contribution in [0.15, 0.2) is 82.0 Å². The molecule has 0 aliphatic carbocycles. The number of aryl methyl sites for hydroxylation is 1. The number of rotatable bonds is 4. The Morgan fingerprint density at radius 2 is 1.93 bits per heavy atom. The Hall–Kier alpha value is -3.52. The number of benzene rings is 1. The normalized spacial score (nSPS) is 11.8. The van der Waals surface area contributed by atoms with E-state index in [0.717, 1.165) is 5.56 Å². The zero-order valence-electron chi connectivity index (χ0n) is 15.7. The van der Waals surface area contributed by atoms with E-state index in [1.807, 2.05) is 13.0 Å². The van der Waals surface area contributed by atoms with Gasteiger partial charge in [0.05, 0.1) is 11.4 Å². The standard InChI is InChI=1S/C21H18N4O3S/c1-3-11-24-19(22)17(29(27,28)15-7-5-4-6-8-15)12-16-20(24)23-18-10-9-14(2)13-25(18)21(16)26/h3-10,12-13,22H,1,11H2,2H3/p+1. The molecule has 0 spiro atoms. The van der Waals surface area contributed by atoms with E-state index in [1.165, 1.54) is 27.2 Å². The third-order valence-corrected chi connectivity index (χ3v) is 6.51. The van der Waals surface area contributed by atoms with Crippen molar-refractivity contribution in [3.05, 3.63) is 83.3 Å². The lowest BCUT2D eigenvalue weighted by Crippen LogP contribution is -2.41. The van der Waals surface area contributed by atoms with Crippen molar-refractivity contribution in [3.63, 3.8) is 0 Å². The molecule has 0 fully saturated rings. The summed E-state index contributed by atoms with van der Waals surface area (Å²) in [7, 11) is -3.94. The second-order valence-electron chi connectivity index (χ2n) is 6.70. The van der Waals surface area contributed by atoms with Crippen LogP contribution in [0.25, 0.3) is 16.7 Å². The molecule has 3 aromatic heterocycles. The van der Waals surface area contributed by atoms with Crippen LogP contribution in [0.2, 0.25) is 0 Å². The highest BCUT2D eigenvalue weighted by molar-refractivity contribution is 7.91. The fourth-order valence-corrected chi connectivity index (χ4v) is 4.71. The minimum atomic E-state index is -3.94. The van der Waals surface area contributed by atoms with Gasteiger partial charge in [-0.05, 0) is 36.8 Å². The Bertz CT molecular complexity index is 1440. The Morgan fingerprint density at radius 1 is 1.21 bits per heavy atom. The van der Waals surface area contributed by atoms with Crippen molar-refractivity contribution in [3.8, 4) is 0 Å². The highest BCUT2D eigenvalue weighted by atomic mass is 32.2. The number of nitrogens with zero attached hydrogens (tertiary/aromatic N) is 3. The van der Waals surface area contributed by atoms with Gasteiger partial charge in [0.2, 0.25) is 21.3 Å². The predicted octanol–water partition coefficient (Wildman–Crippen LogP) is 2.04. The Balaban J connectivity index is 2.16. The van der Waals surface area contributed by atoms with Gasteiger partial charge in [-0.1, -0.05) is 41.9 Å². The van der Waals surface area contributed by atoms with Crippen LogP contribution in [0.5, 0.6) is 0 Å². The Morgan fingerprint density at radius 3 is 2.62 bits per heavy atom. The summed E-state index contributed by atoms with van der Waals surface area (Å²) in [5.74, 6) is 0.00427. The van der Waals surface area contributed by atoms with Crippen LogP contribution in [-0.2, 0) is 16.4 Å². The van der Waals surface area contributed by atoms with E-state index in [2.05, 4.69) is 11.6 Å². The quantitative estimate of drug-likeness (QED) is 0.317. The smallest absolute Gasteiger partial charge is 0.278 e. The van der Waals surface area contributed by atoms with Gasteiger partial charge in [-0.3, -0.25) is 9.20 Å². The van der Waals surface area contributed by atoms with E-state index in [9.17, 15) is 13.2 Å². The summed E-state index contributed by atoms with van der Waals surface area (Å²) in [4.78, 5) is 17.7. The SMILES string of the molecule is C=CC[n+]1c(N)c(S(=O)(=O)c2ccccc2)cc2c(=O)n3cc(C)ccc3nc21. The van der Waals surface area contributed by atoms with Gasteiger partial charge in [0.25, 0.3) is 11.2 Å². The van der Waals surface area contributed by atoms with Crippen LogP contribution < -0.4 is 15.9 Å². The first-order valence-electron chi connectivity index (χ1n) is 8.90. The third-order valence-electron chi connectivity index (χ3n) is 4.71. The highest BCUT2D eigenvalue weighted by Crippen LogP contribution is 2.26. The number of anilines is 1. The zero-order chi connectivity index (χ0) is 20.8. The van der Waals surface area contributed by atoms with E-state index >= 15 is 0 Å². The molecular weight excluding hydrogens is 388 g/mol.